The van der Waals surface area contributed by atoms with Crippen molar-refractivity contribution in [1.82, 2.24) is 10.2 Å². The number of nitrogens with zero attached hydrogens (tertiary/aromatic N) is 1. The van der Waals surface area contributed by atoms with Crippen LogP contribution in [-0.4, -0.2) is 48.3 Å². The average molecular weight is 347 g/mol. The molecular formula is C20H30N2OS. The van der Waals surface area contributed by atoms with Crippen LogP contribution in [-0.2, 0) is 0 Å². The van der Waals surface area contributed by atoms with Crippen molar-refractivity contribution in [2.75, 3.05) is 32.7 Å². The van der Waals surface area contributed by atoms with Crippen LogP contribution in [0.3, 0.4) is 0 Å². The topological polar surface area (TPSA) is 35.5 Å². The van der Waals surface area contributed by atoms with Gasteiger partial charge >= 0.3 is 0 Å². The Bertz CT molecular complexity index is 522. The van der Waals surface area contributed by atoms with Gasteiger partial charge < -0.3 is 15.3 Å². The fraction of sp³-hybridized carbons (Fsp3) is 0.600. The molecule has 2 aliphatic rings. The first-order chi connectivity index (χ1) is 11.7. The zero-order chi connectivity index (χ0) is 16.8. The molecule has 1 aromatic carbocycles. The standard InChI is InChI=1S/C20H30N2OS/c1-17(24-18-8-4-2-5-9-18)19(16-22-14-12-21-13-15-22)20(23)10-6-3-7-11-20/h2,4-5,8-9,19,21,23H,1,3,6-7,10-16H2. The second kappa shape index (κ2) is 8.52. The maximum atomic E-state index is 11.4. The molecule has 132 valence electrons. The third-order valence-electron chi connectivity index (χ3n) is 5.40. The molecule has 0 bridgehead atoms. The largest absolute Gasteiger partial charge is 0.389 e. The molecule has 1 unspecified atom stereocenters. The van der Waals surface area contributed by atoms with E-state index in [-0.39, 0.29) is 5.92 Å². The van der Waals surface area contributed by atoms with Gasteiger partial charge in [0, 0.05) is 43.5 Å². The van der Waals surface area contributed by atoms with Gasteiger partial charge in [-0.3, -0.25) is 0 Å². The summed E-state index contributed by atoms with van der Waals surface area (Å²) in [5, 5.41) is 14.8. The number of piperazine rings is 1. The zero-order valence-electron chi connectivity index (χ0n) is 14.5. The summed E-state index contributed by atoms with van der Waals surface area (Å²) in [5.74, 6) is 0.140. The Labute approximate surface area is 150 Å². The minimum absolute atomic E-state index is 0.140. The predicted molar refractivity (Wildman–Crippen MR) is 102 cm³/mol. The van der Waals surface area contributed by atoms with E-state index >= 15 is 0 Å². The third-order valence-corrected chi connectivity index (χ3v) is 6.45. The van der Waals surface area contributed by atoms with Crippen molar-refractivity contribution in [3.8, 4) is 0 Å². The van der Waals surface area contributed by atoms with Crippen molar-refractivity contribution < 1.29 is 5.11 Å². The molecule has 1 atom stereocenters. The molecule has 1 aliphatic carbocycles. The van der Waals surface area contributed by atoms with Gasteiger partial charge in [0.15, 0.2) is 0 Å². The summed E-state index contributed by atoms with van der Waals surface area (Å²) >= 11 is 1.74. The van der Waals surface area contributed by atoms with Crippen molar-refractivity contribution in [2.24, 2.45) is 5.92 Å². The smallest absolute Gasteiger partial charge is 0.0733 e. The molecule has 3 rings (SSSR count). The van der Waals surface area contributed by atoms with Gasteiger partial charge in [0.05, 0.1) is 5.60 Å². The molecule has 2 fully saturated rings. The molecule has 3 nitrogen and oxygen atoms in total. The van der Waals surface area contributed by atoms with Crippen LogP contribution in [0.4, 0.5) is 0 Å². The Kier molecular flexibility index (Phi) is 6.39. The van der Waals surface area contributed by atoms with Crippen LogP contribution >= 0.6 is 11.8 Å². The quantitative estimate of drug-likeness (QED) is 0.773. The predicted octanol–water partition coefficient (Wildman–Crippen LogP) is 3.51. The lowest BCUT2D eigenvalue weighted by Gasteiger charge is -2.43. The highest BCUT2D eigenvalue weighted by atomic mass is 32.2. The van der Waals surface area contributed by atoms with E-state index in [4.69, 9.17) is 0 Å². The van der Waals surface area contributed by atoms with Crippen molar-refractivity contribution in [1.29, 1.82) is 0 Å². The Hall–Kier alpha value is -0.810. The summed E-state index contributed by atoms with van der Waals surface area (Å²) in [5.41, 5.74) is -0.581. The van der Waals surface area contributed by atoms with Crippen molar-refractivity contribution in [2.45, 2.75) is 42.6 Å². The molecule has 24 heavy (non-hydrogen) atoms. The van der Waals surface area contributed by atoms with Crippen LogP contribution in [0.2, 0.25) is 0 Å². The Morgan fingerprint density at radius 1 is 1.17 bits per heavy atom. The number of rotatable bonds is 6. The third kappa shape index (κ3) is 4.63. The van der Waals surface area contributed by atoms with Crippen LogP contribution in [0.5, 0.6) is 0 Å². The Morgan fingerprint density at radius 3 is 2.50 bits per heavy atom. The normalized spacial score (nSPS) is 22.9. The van der Waals surface area contributed by atoms with E-state index in [1.807, 2.05) is 6.07 Å². The number of thioether (sulfide) groups is 1. The van der Waals surface area contributed by atoms with E-state index in [0.717, 1.165) is 63.3 Å². The first-order valence-electron chi connectivity index (χ1n) is 9.24. The minimum atomic E-state index is -0.581. The van der Waals surface area contributed by atoms with E-state index in [0.29, 0.717) is 0 Å². The van der Waals surface area contributed by atoms with Crippen molar-refractivity contribution >= 4 is 11.8 Å². The molecule has 1 aliphatic heterocycles. The minimum Gasteiger partial charge on any atom is -0.389 e. The van der Waals surface area contributed by atoms with E-state index in [9.17, 15) is 5.11 Å². The number of nitrogens with one attached hydrogen (secondary N) is 1. The Balaban J connectivity index is 1.73. The van der Waals surface area contributed by atoms with Crippen LogP contribution in [0, 0.1) is 5.92 Å². The molecule has 0 aromatic heterocycles. The van der Waals surface area contributed by atoms with Gasteiger partial charge in [-0.25, -0.2) is 0 Å². The summed E-state index contributed by atoms with van der Waals surface area (Å²) in [7, 11) is 0. The van der Waals surface area contributed by atoms with E-state index < -0.39 is 5.60 Å². The van der Waals surface area contributed by atoms with E-state index in [1.165, 1.54) is 11.3 Å². The SMILES string of the molecule is C=C(Sc1ccccc1)C(CN1CCNCC1)C1(O)CCCCC1. The molecule has 1 saturated carbocycles. The fourth-order valence-electron chi connectivity index (χ4n) is 3.95. The lowest BCUT2D eigenvalue weighted by molar-refractivity contribution is -0.0444. The average Bonchev–Trinajstić information content (AvgIpc) is 2.62. The lowest BCUT2D eigenvalue weighted by atomic mass is 9.75. The fourth-order valence-corrected chi connectivity index (χ4v) is 4.98. The number of hydrogen-bond donors (Lipinski definition) is 2. The number of aliphatic hydroxyl groups is 1. The van der Waals surface area contributed by atoms with Gasteiger partial charge in [-0.15, -0.1) is 0 Å². The summed E-state index contributed by atoms with van der Waals surface area (Å²) in [6.45, 7) is 9.55. The summed E-state index contributed by atoms with van der Waals surface area (Å²) < 4.78 is 0. The molecule has 2 N–H and O–H groups in total. The molecule has 1 aromatic rings. The van der Waals surface area contributed by atoms with Crippen molar-refractivity contribution in [3.05, 3.63) is 41.8 Å². The molecule has 0 amide bonds. The maximum absolute atomic E-state index is 11.4. The van der Waals surface area contributed by atoms with E-state index in [2.05, 4.69) is 41.1 Å². The Morgan fingerprint density at radius 2 is 1.83 bits per heavy atom. The first-order valence-corrected chi connectivity index (χ1v) is 10.1. The molecular weight excluding hydrogens is 316 g/mol. The van der Waals surface area contributed by atoms with Gasteiger partial charge in [0.25, 0.3) is 0 Å². The summed E-state index contributed by atoms with van der Waals surface area (Å²) in [6, 6.07) is 10.4. The van der Waals surface area contributed by atoms with Crippen molar-refractivity contribution in [3.63, 3.8) is 0 Å². The van der Waals surface area contributed by atoms with Gasteiger partial charge in [0.1, 0.15) is 0 Å². The second-order valence-corrected chi connectivity index (χ2v) is 8.35. The van der Waals surface area contributed by atoms with Crippen LogP contribution < -0.4 is 5.32 Å². The molecule has 0 radical (unpaired) electrons. The monoisotopic (exact) mass is 346 g/mol. The summed E-state index contributed by atoms with van der Waals surface area (Å²) in [6.07, 6.45) is 5.35. The first kappa shape index (κ1) is 18.0. The highest BCUT2D eigenvalue weighted by Gasteiger charge is 2.40. The van der Waals surface area contributed by atoms with Gasteiger partial charge in [-0.05, 0) is 29.9 Å². The van der Waals surface area contributed by atoms with Crippen LogP contribution in [0.25, 0.3) is 0 Å². The lowest BCUT2D eigenvalue weighted by Crippen LogP contribution is -2.50. The highest BCUT2D eigenvalue weighted by Crippen LogP contribution is 2.43. The zero-order valence-corrected chi connectivity index (χ0v) is 15.4. The molecule has 4 heteroatoms. The number of hydrogen-bond acceptors (Lipinski definition) is 4. The van der Waals surface area contributed by atoms with Gasteiger partial charge in [-0.1, -0.05) is 55.8 Å². The number of benzene rings is 1. The molecule has 1 saturated heterocycles. The molecule has 0 spiro atoms. The molecule has 1 heterocycles. The van der Waals surface area contributed by atoms with Crippen LogP contribution in [0.15, 0.2) is 46.7 Å². The highest BCUT2D eigenvalue weighted by molar-refractivity contribution is 8.03. The van der Waals surface area contributed by atoms with Crippen LogP contribution in [0.1, 0.15) is 32.1 Å². The summed E-state index contributed by atoms with van der Waals surface area (Å²) in [4.78, 5) is 4.82. The van der Waals surface area contributed by atoms with Gasteiger partial charge in [-0.2, -0.15) is 0 Å². The van der Waals surface area contributed by atoms with Gasteiger partial charge in [0.2, 0.25) is 0 Å². The van der Waals surface area contributed by atoms with E-state index in [1.54, 1.807) is 11.8 Å². The maximum Gasteiger partial charge on any atom is 0.0733 e. The second-order valence-electron chi connectivity index (χ2n) is 7.15.